The van der Waals surface area contributed by atoms with Crippen molar-refractivity contribution in [2.75, 3.05) is 33.2 Å². The summed E-state index contributed by atoms with van der Waals surface area (Å²) in [6.45, 7) is 8.82. The summed E-state index contributed by atoms with van der Waals surface area (Å²) in [4.78, 5) is 18.1. The number of aliphatic imine (C=N–C) groups is 1. The highest BCUT2D eigenvalue weighted by molar-refractivity contribution is 14.0. The minimum atomic E-state index is 0. The molecular weight excluding hydrogens is 379 g/mol. The molecule has 1 amide bonds. The van der Waals surface area contributed by atoms with Gasteiger partial charge in [0, 0.05) is 32.6 Å². The average Bonchev–Trinajstić information content (AvgIpc) is 3.26. The van der Waals surface area contributed by atoms with Crippen LogP contribution in [-0.4, -0.2) is 50.0 Å². The summed E-state index contributed by atoms with van der Waals surface area (Å²) in [7, 11) is 2.04. The molecule has 0 aromatic carbocycles. The number of nitrogens with one attached hydrogen (secondary N) is 2. The van der Waals surface area contributed by atoms with E-state index in [1.165, 1.54) is 0 Å². The van der Waals surface area contributed by atoms with Crippen LogP contribution in [0.5, 0.6) is 0 Å². The van der Waals surface area contributed by atoms with Gasteiger partial charge in [-0.1, -0.05) is 6.08 Å². The van der Waals surface area contributed by atoms with Gasteiger partial charge in [0.15, 0.2) is 5.96 Å². The number of hydrogen-bond acceptors (Lipinski definition) is 2. The van der Waals surface area contributed by atoms with Crippen LogP contribution in [-0.2, 0) is 4.79 Å². The van der Waals surface area contributed by atoms with Crippen LogP contribution in [0, 0.1) is 5.92 Å². The van der Waals surface area contributed by atoms with Gasteiger partial charge in [-0.2, -0.15) is 0 Å². The molecule has 0 unspecified atom stereocenters. The van der Waals surface area contributed by atoms with Crippen LogP contribution in [0.4, 0.5) is 0 Å². The molecule has 1 saturated carbocycles. The normalized spacial score (nSPS) is 14.1. The Kier molecular flexibility index (Phi) is 11.4. The molecular formula is C15H29IN4O. The zero-order chi connectivity index (χ0) is 14.8. The van der Waals surface area contributed by atoms with Gasteiger partial charge in [-0.25, -0.2) is 0 Å². The number of carbonyl (C=O) groups is 1. The second kappa shape index (κ2) is 11.8. The van der Waals surface area contributed by atoms with Gasteiger partial charge < -0.3 is 15.5 Å². The third-order valence-electron chi connectivity index (χ3n) is 3.22. The van der Waals surface area contributed by atoms with Gasteiger partial charge in [0.25, 0.3) is 0 Å². The number of amides is 1. The van der Waals surface area contributed by atoms with E-state index in [0.29, 0.717) is 13.1 Å². The molecule has 1 rings (SSSR count). The zero-order valence-corrected chi connectivity index (χ0v) is 15.6. The standard InChI is InChI=1S/C15H28N4O.HI/c1-4-6-7-12-19(3)15(16-5-2)18-11-10-17-14(20)13-8-9-13;/h4,13H,1,5-12H2,2-3H3,(H,16,18)(H,17,20);1H. The fourth-order valence-electron chi connectivity index (χ4n) is 1.88. The maximum Gasteiger partial charge on any atom is 0.223 e. The van der Waals surface area contributed by atoms with E-state index in [4.69, 9.17) is 0 Å². The first-order valence-electron chi connectivity index (χ1n) is 7.57. The van der Waals surface area contributed by atoms with E-state index in [1.807, 2.05) is 13.1 Å². The fourth-order valence-corrected chi connectivity index (χ4v) is 1.88. The molecule has 5 nitrogen and oxygen atoms in total. The molecule has 0 aliphatic heterocycles. The Morgan fingerprint density at radius 2 is 2.14 bits per heavy atom. The minimum absolute atomic E-state index is 0. The lowest BCUT2D eigenvalue weighted by molar-refractivity contribution is -0.122. The van der Waals surface area contributed by atoms with Crippen molar-refractivity contribution in [2.24, 2.45) is 10.9 Å². The van der Waals surface area contributed by atoms with E-state index in [0.717, 1.165) is 44.7 Å². The highest BCUT2D eigenvalue weighted by Gasteiger charge is 2.28. The summed E-state index contributed by atoms with van der Waals surface area (Å²) in [5.74, 6) is 1.36. The number of allylic oxidation sites excluding steroid dienone is 1. The molecule has 1 aliphatic carbocycles. The Balaban J connectivity index is 0.00000400. The molecule has 0 saturated heterocycles. The molecule has 1 fully saturated rings. The van der Waals surface area contributed by atoms with Gasteiger partial charge in [0.05, 0.1) is 6.54 Å². The summed E-state index contributed by atoms with van der Waals surface area (Å²) < 4.78 is 0. The first-order valence-corrected chi connectivity index (χ1v) is 7.57. The van der Waals surface area contributed by atoms with E-state index >= 15 is 0 Å². The van der Waals surface area contributed by atoms with Crippen LogP contribution >= 0.6 is 24.0 Å². The van der Waals surface area contributed by atoms with Gasteiger partial charge >= 0.3 is 0 Å². The lowest BCUT2D eigenvalue weighted by Crippen LogP contribution is -2.40. The van der Waals surface area contributed by atoms with Crippen molar-refractivity contribution in [1.29, 1.82) is 0 Å². The van der Waals surface area contributed by atoms with Crippen LogP contribution < -0.4 is 10.6 Å². The van der Waals surface area contributed by atoms with Crippen LogP contribution in [0.3, 0.4) is 0 Å². The smallest absolute Gasteiger partial charge is 0.223 e. The predicted molar refractivity (Wildman–Crippen MR) is 99.2 cm³/mol. The Labute approximate surface area is 145 Å². The quantitative estimate of drug-likeness (QED) is 0.202. The Morgan fingerprint density at radius 3 is 2.71 bits per heavy atom. The fraction of sp³-hybridized carbons (Fsp3) is 0.733. The van der Waals surface area contributed by atoms with Crippen LogP contribution in [0.15, 0.2) is 17.6 Å². The number of hydrogen-bond donors (Lipinski definition) is 2. The average molecular weight is 408 g/mol. The lowest BCUT2D eigenvalue weighted by Gasteiger charge is -2.21. The van der Waals surface area contributed by atoms with Crippen molar-refractivity contribution in [3.8, 4) is 0 Å². The molecule has 0 radical (unpaired) electrons. The molecule has 1 aliphatic rings. The van der Waals surface area contributed by atoms with Crippen LogP contribution in [0.2, 0.25) is 0 Å². The van der Waals surface area contributed by atoms with E-state index in [-0.39, 0.29) is 35.8 Å². The van der Waals surface area contributed by atoms with E-state index in [2.05, 4.69) is 34.0 Å². The zero-order valence-electron chi connectivity index (χ0n) is 13.2. The van der Waals surface area contributed by atoms with E-state index < -0.39 is 0 Å². The summed E-state index contributed by atoms with van der Waals surface area (Å²) in [6, 6.07) is 0. The van der Waals surface area contributed by atoms with Crippen molar-refractivity contribution in [3.63, 3.8) is 0 Å². The maximum absolute atomic E-state index is 11.5. The van der Waals surface area contributed by atoms with Gasteiger partial charge in [0.1, 0.15) is 0 Å². The number of halogens is 1. The number of unbranched alkanes of at least 4 members (excludes halogenated alkanes) is 1. The van der Waals surface area contributed by atoms with Crippen molar-refractivity contribution in [2.45, 2.75) is 32.6 Å². The highest BCUT2D eigenvalue weighted by atomic mass is 127. The Hall–Kier alpha value is -0.790. The second-order valence-electron chi connectivity index (χ2n) is 5.15. The SMILES string of the molecule is C=CCCCN(C)C(=NCCNC(=O)C1CC1)NCC.I. The first kappa shape index (κ1) is 20.2. The second-order valence-corrected chi connectivity index (χ2v) is 5.15. The van der Waals surface area contributed by atoms with Crippen LogP contribution in [0.25, 0.3) is 0 Å². The topological polar surface area (TPSA) is 56.7 Å². The number of carbonyl (C=O) groups excluding carboxylic acids is 1. The summed E-state index contributed by atoms with van der Waals surface area (Å²) in [5.41, 5.74) is 0. The molecule has 122 valence electrons. The molecule has 6 heteroatoms. The van der Waals surface area contributed by atoms with E-state index in [9.17, 15) is 4.79 Å². The summed E-state index contributed by atoms with van der Waals surface area (Å²) in [6.07, 6.45) is 6.11. The van der Waals surface area contributed by atoms with Crippen molar-refractivity contribution in [1.82, 2.24) is 15.5 Å². The molecule has 0 aromatic heterocycles. The van der Waals surface area contributed by atoms with Gasteiger partial charge in [0.2, 0.25) is 5.91 Å². The van der Waals surface area contributed by atoms with Gasteiger partial charge in [-0.3, -0.25) is 9.79 Å². The molecule has 0 spiro atoms. The monoisotopic (exact) mass is 408 g/mol. The van der Waals surface area contributed by atoms with E-state index in [1.54, 1.807) is 0 Å². The minimum Gasteiger partial charge on any atom is -0.357 e. The van der Waals surface area contributed by atoms with Crippen molar-refractivity contribution < 1.29 is 4.79 Å². The molecule has 0 bridgehead atoms. The number of nitrogens with zero attached hydrogens (tertiary/aromatic N) is 2. The first-order chi connectivity index (χ1) is 9.69. The third-order valence-corrected chi connectivity index (χ3v) is 3.22. The number of rotatable bonds is 9. The van der Waals surface area contributed by atoms with Gasteiger partial charge in [-0.15, -0.1) is 30.6 Å². The molecule has 0 atom stereocenters. The van der Waals surface area contributed by atoms with Gasteiger partial charge in [-0.05, 0) is 32.6 Å². The van der Waals surface area contributed by atoms with Crippen molar-refractivity contribution in [3.05, 3.63) is 12.7 Å². The third kappa shape index (κ3) is 8.95. The molecule has 21 heavy (non-hydrogen) atoms. The largest absolute Gasteiger partial charge is 0.357 e. The number of guanidine groups is 1. The Bertz CT molecular complexity index is 343. The molecule has 0 heterocycles. The predicted octanol–water partition coefficient (Wildman–Crippen LogP) is 1.99. The lowest BCUT2D eigenvalue weighted by atomic mass is 10.3. The van der Waals surface area contributed by atoms with Crippen LogP contribution in [0.1, 0.15) is 32.6 Å². The Morgan fingerprint density at radius 1 is 1.43 bits per heavy atom. The maximum atomic E-state index is 11.5. The summed E-state index contributed by atoms with van der Waals surface area (Å²) in [5, 5.41) is 6.20. The molecule has 2 N–H and O–H groups in total. The highest BCUT2D eigenvalue weighted by Crippen LogP contribution is 2.28. The summed E-state index contributed by atoms with van der Waals surface area (Å²) >= 11 is 0. The molecule has 0 aromatic rings. The van der Waals surface area contributed by atoms with Crippen molar-refractivity contribution >= 4 is 35.8 Å².